The molecule has 0 saturated heterocycles. The lowest BCUT2D eigenvalue weighted by Crippen LogP contribution is -2.20. The monoisotopic (exact) mass is 437 g/mol. The molecule has 2 rings (SSSR count). The van der Waals surface area contributed by atoms with E-state index in [1.807, 2.05) is 0 Å². The number of hydrogen-bond donors (Lipinski definition) is 1. The highest BCUT2D eigenvalue weighted by molar-refractivity contribution is 5.94. The molecule has 0 saturated carbocycles. The molecule has 31 heavy (non-hydrogen) atoms. The van der Waals surface area contributed by atoms with Gasteiger partial charge in [-0.15, -0.1) is 0 Å². The summed E-state index contributed by atoms with van der Waals surface area (Å²) in [6.07, 6.45) is 2.58. The van der Waals surface area contributed by atoms with Crippen LogP contribution >= 0.6 is 0 Å². The predicted octanol–water partition coefficient (Wildman–Crippen LogP) is 3.51. The number of ether oxygens (including phenoxy) is 5. The normalized spacial score (nSPS) is 10.6. The van der Waals surface area contributed by atoms with Crippen LogP contribution in [0.25, 0.3) is 6.08 Å². The average Bonchev–Trinajstić information content (AvgIpc) is 2.76. The number of alkyl halides is 2. The molecule has 166 valence electrons. The minimum Gasteiger partial charge on any atom is -0.496 e. The summed E-state index contributed by atoms with van der Waals surface area (Å²) in [5.74, 6) is -0.0558. The minimum absolute atomic E-state index is 0.0462. The Bertz CT molecular complexity index is 930. The van der Waals surface area contributed by atoms with E-state index in [1.54, 1.807) is 12.1 Å². The first-order chi connectivity index (χ1) is 14.9. The number of rotatable bonds is 10. The Kier molecular flexibility index (Phi) is 8.62. The van der Waals surface area contributed by atoms with Crippen LogP contribution < -0.4 is 24.3 Å². The van der Waals surface area contributed by atoms with E-state index in [0.29, 0.717) is 28.5 Å². The lowest BCUT2D eigenvalue weighted by atomic mass is 10.1. The summed E-state index contributed by atoms with van der Waals surface area (Å²) in [5, 5.41) is 2.46. The van der Waals surface area contributed by atoms with Gasteiger partial charge in [0.05, 0.1) is 21.3 Å². The van der Waals surface area contributed by atoms with Gasteiger partial charge in [-0.25, -0.2) is 4.79 Å². The molecule has 0 atom stereocenters. The lowest BCUT2D eigenvalue weighted by Gasteiger charge is -2.12. The van der Waals surface area contributed by atoms with Crippen LogP contribution in [0.1, 0.15) is 5.56 Å². The summed E-state index contributed by atoms with van der Waals surface area (Å²) >= 11 is 0. The number of amides is 1. The fourth-order valence-electron chi connectivity index (χ4n) is 2.44. The second kappa shape index (κ2) is 11.4. The molecule has 0 heterocycles. The van der Waals surface area contributed by atoms with E-state index < -0.39 is 25.1 Å². The van der Waals surface area contributed by atoms with Crippen molar-refractivity contribution in [2.24, 2.45) is 0 Å². The number of anilines is 1. The van der Waals surface area contributed by atoms with Gasteiger partial charge in [0, 0.05) is 23.4 Å². The second-order valence-electron chi connectivity index (χ2n) is 5.84. The maximum absolute atomic E-state index is 12.1. The van der Waals surface area contributed by atoms with E-state index in [1.165, 1.54) is 51.7 Å². The number of carbonyl (C=O) groups is 2. The van der Waals surface area contributed by atoms with Gasteiger partial charge in [-0.2, -0.15) is 8.78 Å². The van der Waals surface area contributed by atoms with Crippen molar-refractivity contribution in [1.29, 1.82) is 0 Å². The Morgan fingerprint density at radius 1 is 0.968 bits per heavy atom. The number of benzene rings is 2. The summed E-state index contributed by atoms with van der Waals surface area (Å²) in [6, 6.07) is 8.52. The van der Waals surface area contributed by atoms with Crippen molar-refractivity contribution in [3.05, 3.63) is 48.0 Å². The lowest BCUT2D eigenvalue weighted by molar-refractivity contribution is -0.142. The Morgan fingerprint density at radius 3 is 2.16 bits per heavy atom. The van der Waals surface area contributed by atoms with Crippen LogP contribution in [0.2, 0.25) is 0 Å². The molecule has 0 aliphatic heterocycles. The zero-order valence-electron chi connectivity index (χ0n) is 17.0. The maximum Gasteiger partial charge on any atom is 0.387 e. The van der Waals surface area contributed by atoms with Gasteiger partial charge >= 0.3 is 12.6 Å². The molecule has 2 aromatic rings. The molecule has 0 bridgehead atoms. The SMILES string of the molecule is COc1cc(OC)c(OC)cc1C=CC(=O)OCC(=O)Nc1ccc(OC(F)F)cc1. The predicted molar refractivity (Wildman–Crippen MR) is 108 cm³/mol. The number of hydrogen-bond acceptors (Lipinski definition) is 7. The summed E-state index contributed by atoms with van der Waals surface area (Å²) in [5.41, 5.74) is 0.862. The third-order valence-electron chi connectivity index (χ3n) is 3.84. The van der Waals surface area contributed by atoms with E-state index in [4.69, 9.17) is 18.9 Å². The fourth-order valence-corrected chi connectivity index (χ4v) is 2.44. The number of methoxy groups -OCH3 is 3. The molecule has 0 aromatic heterocycles. The highest BCUT2D eigenvalue weighted by Crippen LogP contribution is 2.35. The van der Waals surface area contributed by atoms with Gasteiger partial charge in [0.15, 0.2) is 18.1 Å². The van der Waals surface area contributed by atoms with Crippen LogP contribution in [0, 0.1) is 0 Å². The maximum atomic E-state index is 12.1. The first-order valence-corrected chi connectivity index (χ1v) is 8.85. The molecule has 0 aliphatic carbocycles. The zero-order valence-corrected chi connectivity index (χ0v) is 17.0. The Labute approximate surface area is 177 Å². The van der Waals surface area contributed by atoms with E-state index in [-0.39, 0.29) is 5.75 Å². The van der Waals surface area contributed by atoms with Crippen LogP contribution in [0.4, 0.5) is 14.5 Å². The van der Waals surface area contributed by atoms with Crippen LogP contribution in [0.3, 0.4) is 0 Å². The first-order valence-electron chi connectivity index (χ1n) is 8.85. The van der Waals surface area contributed by atoms with E-state index in [9.17, 15) is 18.4 Å². The number of esters is 1. The standard InChI is InChI=1S/C21H21F2NO7/c1-27-16-11-18(29-3)17(28-2)10-13(16)4-9-20(26)30-12-19(25)24-14-5-7-15(8-6-14)31-21(22)23/h4-11,21H,12H2,1-3H3,(H,24,25). The van der Waals surface area contributed by atoms with Crippen LogP contribution in [-0.4, -0.2) is 46.4 Å². The molecule has 1 amide bonds. The second-order valence-corrected chi connectivity index (χ2v) is 5.84. The first kappa shape index (κ1) is 23.5. The van der Waals surface area contributed by atoms with Crippen molar-refractivity contribution >= 4 is 23.6 Å². The van der Waals surface area contributed by atoms with Gasteiger partial charge in [0.1, 0.15) is 11.5 Å². The van der Waals surface area contributed by atoms with E-state index >= 15 is 0 Å². The van der Waals surface area contributed by atoms with Crippen LogP contribution in [0.5, 0.6) is 23.0 Å². The van der Waals surface area contributed by atoms with Crippen molar-refractivity contribution in [1.82, 2.24) is 0 Å². The molecule has 0 spiro atoms. The topological polar surface area (TPSA) is 92.3 Å². The van der Waals surface area contributed by atoms with Crippen molar-refractivity contribution in [3.63, 3.8) is 0 Å². The van der Waals surface area contributed by atoms with Crippen LogP contribution in [-0.2, 0) is 14.3 Å². The van der Waals surface area contributed by atoms with Gasteiger partial charge in [0.25, 0.3) is 5.91 Å². The Balaban J connectivity index is 1.91. The summed E-state index contributed by atoms with van der Waals surface area (Å²) in [7, 11) is 4.43. The summed E-state index contributed by atoms with van der Waals surface area (Å²) in [6.45, 7) is -3.48. The molecule has 2 aromatic carbocycles. The molecule has 0 unspecified atom stereocenters. The quantitative estimate of drug-likeness (QED) is 0.449. The van der Waals surface area contributed by atoms with Crippen molar-refractivity contribution in [3.8, 4) is 23.0 Å². The third kappa shape index (κ3) is 7.18. The highest BCUT2D eigenvalue weighted by atomic mass is 19.3. The number of nitrogens with one attached hydrogen (secondary N) is 1. The van der Waals surface area contributed by atoms with Crippen LogP contribution in [0.15, 0.2) is 42.5 Å². The molecule has 1 N–H and O–H groups in total. The highest BCUT2D eigenvalue weighted by Gasteiger charge is 2.11. The number of carbonyl (C=O) groups excluding carboxylic acids is 2. The average molecular weight is 437 g/mol. The van der Waals surface area contributed by atoms with Gasteiger partial charge < -0.3 is 29.0 Å². The molecule has 0 fully saturated rings. The fraction of sp³-hybridized carbons (Fsp3) is 0.238. The van der Waals surface area contributed by atoms with Gasteiger partial charge in [0.2, 0.25) is 0 Å². The molecule has 0 aliphatic rings. The van der Waals surface area contributed by atoms with Crippen molar-refractivity contribution in [2.75, 3.05) is 33.3 Å². The zero-order chi connectivity index (χ0) is 22.8. The molecule has 10 heteroatoms. The minimum atomic E-state index is -2.94. The molecular formula is C21H21F2NO7. The summed E-state index contributed by atoms with van der Waals surface area (Å²) < 4.78 is 49.0. The van der Waals surface area contributed by atoms with Gasteiger partial charge in [-0.3, -0.25) is 4.79 Å². The molecular weight excluding hydrogens is 416 g/mol. The van der Waals surface area contributed by atoms with Crippen molar-refractivity contribution in [2.45, 2.75) is 6.61 Å². The smallest absolute Gasteiger partial charge is 0.387 e. The molecule has 0 radical (unpaired) electrons. The van der Waals surface area contributed by atoms with Gasteiger partial charge in [-0.1, -0.05) is 0 Å². The van der Waals surface area contributed by atoms with E-state index in [0.717, 1.165) is 6.08 Å². The Morgan fingerprint density at radius 2 is 1.58 bits per heavy atom. The third-order valence-corrected chi connectivity index (χ3v) is 3.84. The number of halogens is 2. The largest absolute Gasteiger partial charge is 0.496 e. The summed E-state index contributed by atoms with van der Waals surface area (Å²) in [4.78, 5) is 23.8. The van der Waals surface area contributed by atoms with Gasteiger partial charge in [-0.05, 0) is 36.4 Å². The van der Waals surface area contributed by atoms with Crippen molar-refractivity contribution < 1.29 is 42.1 Å². The Hall–Kier alpha value is -3.82. The van der Waals surface area contributed by atoms with E-state index in [2.05, 4.69) is 10.1 Å². The molecule has 8 nitrogen and oxygen atoms in total.